The summed E-state index contributed by atoms with van der Waals surface area (Å²) in [7, 11) is 1.57. The highest BCUT2D eigenvalue weighted by Gasteiger charge is 2.30. The first-order valence-electron chi connectivity index (χ1n) is 5.70. The molecule has 9 heteroatoms. The topological polar surface area (TPSA) is 68.0 Å². The van der Waals surface area contributed by atoms with Gasteiger partial charge in [0.1, 0.15) is 0 Å². The van der Waals surface area contributed by atoms with E-state index in [1.807, 2.05) is 0 Å². The van der Waals surface area contributed by atoms with Gasteiger partial charge in [-0.1, -0.05) is 23.9 Å². The molecule has 0 bridgehead atoms. The van der Waals surface area contributed by atoms with E-state index in [9.17, 15) is 18.0 Å². The van der Waals surface area contributed by atoms with E-state index in [4.69, 9.17) is 5.11 Å². The number of aliphatic carboxylic acids is 1. The van der Waals surface area contributed by atoms with Gasteiger partial charge in [0.25, 0.3) is 0 Å². The number of carboxylic acid groups (broad SMARTS) is 1. The zero-order valence-electron chi connectivity index (χ0n) is 10.8. The van der Waals surface area contributed by atoms with E-state index < -0.39 is 17.7 Å². The minimum Gasteiger partial charge on any atom is -0.481 e. The molecular formula is C12H10F3N3O2S. The van der Waals surface area contributed by atoms with Gasteiger partial charge in [0.05, 0.1) is 11.3 Å². The molecule has 0 fully saturated rings. The third-order valence-corrected chi connectivity index (χ3v) is 3.61. The van der Waals surface area contributed by atoms with E-state index >= 15 is 0 Å². The highest BCUT2D eigenvalue weighted by molar-refractivity contribution is 7.99. The van der Waals surface area contributed by atoms with Crippen molar-refractivity contribution >= 4 is 17.7 Å². The Hall–Kier alpha value is -2.03. The number of aromatic nitrogens is 3. The fraction of sp³-hybridized carbons (Fsp3) is 0.250. The van der Waals surface area contributed by atoms with Crippen molar-refractivity contribution in [3.8, 4) is 11.4 Å². The summed E-state index contributed by atoms with van der Waals surface area (Å²) in [5.41, 5.74) is -0.510. The third-order valence-electron chi connectivity index (χ3n) is 2.61. The van der Waals surface area contributed by atoms with E-state index in [0.29, 0.717) is 5.16 Å². The molecule has 0 saturated carbocycles. The first-order chi connectivity index (χ1) is 9.79. The predicted octanol–water partition coefficient (Wildman–Crippen LogP) is 2.68. The number of halogens is 3. The average molecular weight is 317 g/mol. The van der Waals surface area contributed by atoms with Crippen molar-refractivity contribution in [2.45, 2.75) is 11.3 Å². The predicted molar refractivity (Wildman–Crippen MR) is 69.8 cm³/mol. The van der Waals surface area contributed by atoms with Gasteiger partial charge >= 0.3 is 12.1 Å². The average Bonchev–Trinajstić information content (AvgIpc) is 2.77. The molecule has 0 aliphatic carbocycles. The van der Waals surface area contributed by atoms with Crippen molar-refractivity contribution in [1.82, 2.24) is 14.8 Å². The maximum absolute atomic E-state index is 12.7. The molecule has 5 nitrogen and oxygen atoms in total. The Balaban J connectivity index is 2.33. The number of carboxylic acids is 1. The summed E-state index contributed by atoms with van der Waals surface area (Å²) in [5.74, 6) is -0.966. The Kier molecular flexibility index (Phi) is 4.21. The molecule has 0 unspecified atom stereocenters. The Morgan fingerprint density at radius 2 is 2.10 bits per heavy atom. The summed E-state index contributed by atoms with van der Waals surface area (Å²) in [4.78, 5) is 10.5. The molecule has 0 radical (unpaired) electrons. The molecule has 1 aromatic carbocycles. The van der Waals surface area contributed by atoms with Crippen LogP contribution in [0.15, 0.2) is 29.4 Å². The Morgan fingerprint density at radius 1 is 1.38 bits per heavy atom. The van der Waals surface area contributed by atoms with E-state index in [2.05, 4.69) is 10.2 Å². The first kappa shape index (κ1) is 15.4. The second kappa shape index (κ2) is 5.76. The molecular weight excluding hydrogens is 307 g/mol. The van der Waals surface area contributed by atoms with Crippen LogP contribution in [0.25, 0.3) is 11.4 Å². The Bertz CT molecular complexity index is 670. The van der Waals surface area contributed by atoms with Crippen LogP contribution in [0.3, 0.4) is 0 Å². The quantitative estimate of drug-likeness (QED) is 0.878. The minimum atomic E-state index is -4.44. The molecule has 0 aliphatic heterocycles. The fourth-order valence-electron chi connectivity index (χ4n) is 1.65. The number of benzene rings is 1. The standard InChI is InChI=1S/C12H10F3N3O2S/c1-18-10(16-17-11(18)21-6-9(19)20)7-3-2-4-8(5-7)12(13,14)15/h2-5H,6H2,1H3,(H,19,20). The van der Waals surface area contributed by atoms with Crippen LogP contribution in [-0.4, -0.2) is 31.6 Å². The molecule has 0 aliphatic rings. The molecule has 1 aromatic heterocycles. The first-order valence-corrected chi connectivity index (χ1v) is 6.69. The van der Waals surface area contributed by atoms with Gasteiger partial charge in [-0.2, -0.15) is 13.2 Å². The van der Waals surface area contributed by atoms with E-state index in [0.717, 1.165) is 23.9 Å². The SMILES string of the molecule is Cn1c(SCC(=O)O)nnc1-c1cccc(C(F)(F)F)c1. The number of nitrogens with zero attached hydrogens (tertiary/aromatic N) is 3. The Morgan fingerprint density at radius 3 is 2.71 bits per heavy atom. The zero-order chi connectivity index (χ0) is 15.6. The van der Waals surface area contributed by atoms with Crippen LogP contribution in [0.1, 0.15) is 5.56 Å². The number of carbonyl (C=O) groups is 1. The summed E-state index contributed by atoms with van der Waals surface area (Å²) in [6.45, 7) is 0. The second-order valence-corrected chi connectivity index (χ2v) is 5.07. The molecule has 2 rings (SSSR count). The summed E-state index contributed by atoms with van der Waals surface area (Å²) in [6.07, 6.45) is -4.44. The molecule has 0 spiro atoms. The number of hydrogen-bond donors (Lipinski definition) is 1. The van der Waals surface area contributed by atoms with E-state index in [1.165, 1.54) is 16.7 Å². The summed E-state index contributed by atoms with van der Waals surface area (Å²) in [5, 5.41) is 16.5. The molecule has 0 saturated heterocycles. The lowest BCUT2D eigenvalue weighted by Gasteiger charge is -2.08. The molecule has 0 atom stereocenters. The normalized spacial score (nSPS) is 11.6. The van der Waals surface area contributed by atoms with Gasteiger partial charge in [0.2, 0.25) is 0 Å². The Labute approximate surface area is 121 Å². The lowest BCUT2D eigenvalue weighted by atomic mass is 10.1. The highest BCUT2D eigenvalue weighted by Crippen LogP contribution is 2.32. The molecule has 1 heterocycles. The number of alkyl halides is 3. The third kappa shape index (κ3) is 3.54. The van der Waals surface area contributed by atoms with Gasteiger partial charge in [-0.3, -0.25) is 4.79 Å². The molecule has 0 amide bonds. The maximum atomic E-state index is 12.7. The maximum Gasteiger partial charge on any atom is 0.416 e. The highest BCUT2D eigenvalue weighted by atomic mass is 32.2. The van der Waals surface area contributed by atoms with Crippen molar-refractivity contribution in [1.29, 1.82) is 0 Å². The van der Waals surface area contributed by atoms with Crippen LogP contribution in [0.5, 0.6) is 0 Å². The largest absolute Gasteiger partial charge is 0.481 e. The van der Waals surface area contributed by atoms with Gasteiger partial charge in [0, 0.05) is 12.6 Å². The van der Waals surface area contributed by atoms with Crippen LogP contribution in [-0.2, 0) is 18.0 Å². The van der Waals surface area contributed by atoms with Gasteiger partial charge in [-0.05, 0) is 12.1 Å². The number of thioether (sulfide) groups is 1. The van der Waals surface area contributed by atoms with Crippen LogP contribution in [0, 0.1) is 0 Å². The van der Waals surface area contributed by atoms with Crippen molar-refractivity contribution in [3.05, 3.63) is 29.8 Å². The van der Waals surface area contributed by atoms with Crippen molar-refractivity contribution in [2.24, 2.45) is 7.05 Å². The monoisotopic (exact) mass is 317 g/mol. The van der Waals surface area contributed by atoms with E-state index in [-0.39, 0.29) is 17.1 Å². The summed E-state index contributed by atoms with van der Waals surface area (Å²) in [6, 6.07) is 4.73. The molecule has 21 heavy (non-hydrogen) atoms. The molecule has 1 N–H and O–H groups in total. The van der Waals surface area contributed by atoms with Gasteiger partial charge < -0.3 is 9.67 Å². The smallest absolute Gasteiger partial charge is 0.416 e. The number of rotatable bonds is 4. The lowest BCUT2D eigenvalue weighted by Crippen LogP contribution is -2.05. The van der Waals surface area contributed by atoms with Crippen LogP contribution < -0.4 is 0 Å². The molecule has 2 aromatic rings. The number of hydrogen-bond acceptors (Lipinski definition) is 4. The lowest BCUT2D eigenvalue weighted by molar-refractivity contribution is -0.137. The van der Waals surface area contributed by atoms with E-state index in [1.54, 1.807) is 7.05 Å². The summed E-state index contributed by atoms with van der Waals surface area (Å²) >= 11 is 0.948. The van der Waals surface area contributed by atoms with Crippen LogP contribution in [0.2, 0.25) is 0 Å². The van der Waals surface area contributed by atoms with Crippen molar-refractivity contribution in [2.75, 3.05) is 5.75 Å². The van der Waals surface area contributed by atoms with Crippen molar-refractivity contribution < 1.29 is 23.1 Å². The van der Waals surface area contributed by atoms with Gasteiger partial charge in [0.15, 0.2) is 11.0 Å². The van der Waals surface area contributed by atoms with Gasteiger partial charge in [-0.25, -0.2) is 0 Å². The van der Waals surface area contributed by atoms with Crippen molar-refractivity contribution in [3.63, 3.8) is 0 Å². The van der Waals surface area contributed by atoms with Crippen LogP contribution in [0.4, 0.5) is 13.2 Å². The fourth-order valence-corrected chi connectivity index (χ4v) is 2.28. The second-order valence-electron chi connectivity index (χ2n) is 4.13. The zero-order valence-corrected chi connectivity index (χ0v) is 11.6. The minimum absolute atomic E-state index is 0.200. The summed E-state index contributed by atoms with van der Waals surface area (Å²) < 4.78 is 39.5. The van der Waals surface area contributed by atoms with Crippen LogP contribution >= 0.6 is 11.8 Å². The van der Waals surface area contributed by atoms with Gasteiger partial charge in [-0.15, -0.1) is 10.2 Å². The molecule has 112 valence electrons.